The van der Waals surface area contributed by atoms with E-state index in [0.717, 1.165) is 11.1 Å². The highest BCUT2D eigenvalue weighted by Crippen LogP contribution is 2.31. The van der Waals surface area contributed by atoms with E-state index >= 15 is 0 Å². The SMILES string of the molecule is NC(=S)Nc1nnc(C(c2ccccc2)c2ccccc2)o1. The molecule has 0 saturated carbocycles. The van der Waals surface area contributed by atoms with Crippen LogP contribution in [0.15, 0.2) is 65.1 Å². The summed E-state index contributed by atoms with van der Waals surface area (Å²) in [6, 6.07) is 20.2. The van der Waals surface area contributed by atoms with Gasteiger partial charge in [-0.2, -0.15) is 0 Å². The topological polar surface area (TPSA) is 77.0 Å². The fourth-order valence-electron chi connectivity index (χ4n) is 2.28. The van der Waals surface area contributed by atoms with E-state index in [1.807, 2.05) is 60.7 Å². The number of hydrogen-bond acceptors (Lipinski definition) is 4. The Hall–Kier alpha value is -2.73. The van der Waals surface area contributed by atoms with Crippen molar-refractivity contribution in [3.8, 4) is 0 Å². The Bertz CT molecular complexity index is 719. The van der Waals surface area contributed by atoms with E-state index in [-0.39, 0.29) is 17.0 Å². The maximum atomic E-state index is 5.66. The molecule has 6 heteroatoms. The van der Waals surface area contributed by atoms with E-state index in [4.69, 9.17) is 22.4 Å². The second-order valence-corrected chi connectivity index (χ2v) is 5.13. The van der Waals surface area contributed by atoms with Gasteiger partial charge in [0, 0.05) is 0 Å². The maximum absolute atomic E-state index is 5.66. The molecule has 3 rings (SSSR count). The molecule has 0 fully saturated rings. The van der Waals surface area contributed by atoms with Crippen LogP contribution in [0.25, 0.3) is 0 Å². The van der Waals surface area contributed by atoms with Crippen LogP contribution in [0.3, 0.4) is 0 Å². The summed E-state index contributed by atoms with van der Waals surface area (Å²) in [4.78, 5) is 0. The summed E-state index contributed by atoms with van der Waals surface area (Å²) in [6.45, 7) is 0. The summed E-state index contributed by atoms with van der Waals surface area (Å²) < 4.78 is 5.66. The number of thiocarbonyl (C=S) groups is 1. The lowest BCUT2D eigenvalue weighted by atomic mass is 9.91. The molecular weight excluding hydrogens is 296 g/mol. The number of benzene rings is 2. The molecule has 0 bridgehead atoms. The largest absolute Gasteiger partial charge is 0.407 e. The van der Waals surface area contributed by atoms with Gasteiger partial charge >= 0.3 is 6.01 Å². The molecule has 3 aromatic rings. The zero-order chi connectivity index (χ0) is 15.4. The molecule has 0 aliphatic rings. The Labute approximate surface area is 133 Å². The average molecular weight is 310 g/mol. The second-order valence-electron chi connectivity index (χ2n) is 4.69. The van der Waals surface area contributed by atoms with Crippen molar-refractivity contribution < 1.29 is 4.42 Å². The van der Waals surface area contributed by atoms with Gasteiger partial charge < -0.3 is 10.2 Å². The molecule has 0 atom stereocenters. The molecule has 110 valence electrons. The first-order valence-electron chi connectivity index (χ1n) is 6.74. The summed E-state index contributed by atoms with van der Waals surface area (Å²) in [7, 11) is 0. The third kappa shape index (κ3) is 3.12. The van der Waals surface area contributed by atoms with E-state index in [1.54, 1.807) is 0 Å². The number of aromatic nitrogens is 2. The monoisotopic (exact) mass is 310 g/mol. The molecule has 0 aliphatic heterocycles. The lowest BCUT2D eigenvalue weighted by Gasteiger charge is -2.13. The highest BCUT2D eigenvalue weighted by Gasteiger charge is 2.22. The number of anilines is 1. The summed E-state index contributed by atoms with van der Waals surface area (Å²) in [5, 5.41) is 10.8. The van der Waals surface area contributed by atoms with Crippen LogP contribution in [0.2, 0.25) is 0 Å². The van der Waals surface area contributed by atoms with Gasteiger partial charge in [0.2, 0.25) is 5.89 Å². The molecule has 0 radical (unpaired) electrons. The zero-order valence-electron chi connectivity index (χ0n) is 11.6. The van der Waals surface area contributed by atoms with Gasteiger partial charge in [0.1, 0.15) is 0 Å². The fraction of sp³-hybridized carbons (Fsp3) is 0.0625. The molecule has 1 heterocycles. The standard InChI is InChI=1S/C16H14N4OS/c17-15(22)18-16-20-19-14(21-16)13(11-7-3-1-4-8-11)12-9-5-2-6-10-12/h1-10,13H,(H3,17,18,20,22). The molecular formula is C16H14N4OS. The van der Waals surface area contributed by atoms with Crippen molar-refractivity contribution in [2.24, 2.45) is 5.73 Å². The van der Waals surface area contributed by atoms with Crippen LogP contribution in [-0.4, -0.2) is 15.3 Å². The van der Waals surface area contributed by atoms with E-state index < -0.39 is 0 Å². The van der Waals surface area contributed by atoms with Crippen LogP contribution in [-0.2, 0) is 0 Å². The third-order valence-electron chi connectivity index (χ3n) is 3.18. The zero-order valence-corrected chi connectivity index (χ0v) is 12.5. The van der Waals surface area contributed by atoms with Crippen LogP contribution < -0.4 is 11.1 Å². The molecule has 0 amide bonds. The number of nitrogens with one attached hydrogen (secondary N) is 1. The van der Waals surface area contributed by atoms with Gasteiger partial charge in [-0.3, -0.25) is 5.32 Å². The predicted molar refractivity (Wildman–Crippen MR) is 88.5 cm³/mol. The first-order chi connectivity index (χ1) is 10.7. The summed E-state index contributed by atoms with van der Waals surface area (Å²) in [5.41, 5.74) is 7.56. The Morgan fingerprint density at radius 1 is 0.955 bits per heavy atom. The van der Waals surface area contributed by atoms with Gasteiger partial charge in [-0.25, -0.2) is 0 Å². The van der Waals surface area contributed by atoms with E-state index in [9.17, 15) is 0 Å². The molecule has 0 aliphatic carbocycles. The molecule has 0 spiro atoms. The van der Waals surface area contributed by atoms with Crippen molar-refractivity contribution in [3.63, 3.8) is 0 Å². The Morgan fingerprint density at radius 2 is 1.50 bits per heavy atom. The van der Waals surface area contributed by atoms with Gasteiger partial charge in [-0.1, -0.05) is 65.8 Å². The summed E-state index contributed by atoms with van der Waals surface area (Å²) >= 11 is 4.78. The van der Waals surface area contributed by atoms with Crippen molar-refractivity contribution in [3.05, 3.63) is 77.7 Å². The molecule has 3 N–H and O–H groups in total. The van der Waals surface area contributed by atoms with Crippen molar-refractivity contribution in [1.82, 2.24) is 10.2 Å². The first kappa shape index (κ1) is 14.2. The number of rotatable bonds is 4. The van der Waals surface area contributed by atoms with Gasteiger partial charge in [0.25, 0.3) is 0 Å². The van der Waals surface area contributed by atoms with E-state index in [2.05, 4.69) is 15.5 Å². The minimum absolute atomic E-state index is 0.0890. The van der Waals surface area contributed by atoms with Crippen LogP contribution in [0.5, 0.6) is 0 Å². The van der Waals surface area contributed by atoms with Crippen LogP contribution in [0.4, 0.5) is 6.01 Å². The Balaban J connectivity index is 2.02. The van der Waals surface area contributed by atoms with Gasteiger partial charge in [-0.05, 0) is 23.3 Å². The number of nitrogens with zero attached hydrogens (tertiary/aromatic N) is 2. The lowest BCUT2D eigenvalue weighted by Crippen LogP contribution is -2.19. The molecule has 5 nitrogen and oxygen atoms in total. The van der Waals surface area contributed by atoms with Crippen molar-refractivity contribution in [2.45, 2.75) is 5.92 Å². The van der Waals surface area contributed by atoms with Crippen LogP contribution in [0, 0.1) is 0 Å². The molecule has 2 aromatic carbocycles. The molecule has 1 aromatic heterocycles. The normalized spacial score (nSPS) is 10.6. The van der Waals surface area contributed by atoms with Gasteiger partial charge in [0.15, 0.2) is 5.11 Å². The number of nitrogens with two attached hydrogens (primary N) is 1. The molecule has 0 unspecified atom stereocenters. The first-order valence-corrected chi connectivity index (χ1v) is 7.14. The van der Waals surface area contributed by atoms with Crippen molar-refractivity contribution in [1.29, 1.82) is 0 Å². The van der Waals surface area contributed by atoms with Crippen LogP contribution in [0.1, 0.15) is 22.9 Å². The van der Waals surface area contributed by atoms with Gasteiger partial charge in [0.05, 0.1) is 5.92 Å². The smallest absolute Gasteiger partial charge is 0.321 e. The maximum Gasteiger partial charge on any atom is 0.321 e. The summed E-state index contributed by atoms with van der Waals surface area (Å²) in [6.07, 6.45) is 0. The third-order valence-corrected chi connectivity index (χ3v) is 3.29. The fourth-order valence-corrected chi connectivity index (χ4v) is 2.36. The summed E-state index contributed by atoms with van der Waals surface area (Å²) in [5.74, 6) is 0.341. The highest BCUT2D eigenvalue weighted by molar-refractivity contribution is 7.80. The minimum atomic E-state index is -0.142. The number of hydrogen-bond donors (Lipinski definition) is 2. The highest BCUT2D eigenvalue weighted by atomic mass is 32.1. The van der Waals surface area contributed by atoms with Crippen molar-refractivity contribution in [2.75, 3.05) is 5.32 Å². The lowest BCUT2D eigenvalue weighted by molar-refractivity contribution is 0.502. The van der Waals surface area contributed by atoms with Gasteiger partial charge in [-0.15, -0.1) is 5.10 Å². The molecule has 0 saturated heterocycles. The Morgan fingerprint density at radius 3 is 2.00 bits per heavy atom. The average Bonchev–Trinajstić information content (AvgIpc) is 2.97. The second kappa shape index (κ2) is 6.36. The van der Waals surface area contributed by atoms with E-state index in [1.165, 1.54) is 0 Å². The molecule has 22 heavy (non-hydrogen) atoms. The van der Waals surface area contributed by atoms with E-state index in [0.29, 0.717) is 5.89 Å². The Kier molecular flexibility index (Phi) is 4.11. The predicted octanol–water partition coefficient (Wildman–Crippen LogP) is 2.91. The quantitative estimate of drug-likeness (QED) is 0.722. The minimum Gasteiger partial charge on any atom is -0.407 e. The van der Waals surface area contributed by atoms with Crippen LogP contribution >= 0.6 is 12.2 Å². The van der Waals surface area contributed by atoms with Crippen molar-refractivity contribution >= 4 is 23.3 Å².